The largest absolute Gasteiger partial charge is 0.481 e. The van der Waals surface area contributed by atoms with Crippen molar-refractivity contribution in [3.63, 3.8) is 0 Å². The Kier molecular flexibility index (Phi) is 4.94. The van der Waals surface area contributed by atoms with Crippen molar-refractivity contribution in [2.75, 3.05) is 5.32 Å². The molecule has 1 amide bonds. The summed E-state index contributed by atoms with van der Waals surface area (Å²) in [5, 5.41) is 2.50. The van der Waals surface area contributed by atoms with Gasteiger partial charge in [-0.05, 0) is 59.8 Å². The van der Waals surface area contributed by atoms with E-state index in [1.54, 1.807) is 25.1 Å². The van der Waals surface area contributed by atoms with Crippen LogP contribution in [0.25, 0.3) is 0 Å². The van der Waals surface area contributed by atoms with Crippen LogP contribution in [0.1, 0.15) is 6.92 Å². The molecule has 0 aliphatic heterocycles. The van der Waals surface area contributed by atoms with E-state index in [4.69, 9.17) is 4.74 Å². The van der Waals surface area contributed by atoms with E-state index in [0.29, 0.717) is 5.75 Å². The van der Waals surface area contributed by atoms with E-state index in [2.05, 4.69) is 27.9 Å². The number of rotatable bonds is 4. The van der Waals surface area contributed by atoms with Crippen molar-refractivity contribution < 1.29 is 13.9 Å². The van der Waals surface area contributed by atoms with Crippen molar-refractivity contribution in [2.45, 2.75) is 13.0 Å². The Hall–Kier alpha value is -1.63. The predicted molar refractivity (Wildman–Crippen MR) is 84.3 cm³/mol. The number of hydrogen-bond donors (Lipinski definition) is 1. The van der Waals surface area contributed by atoms with Crippen LogP contribution in [-0.4, -0.2) is 12.0 Å². The smallest absolute Gasteiger partial charge is 0.265 e. The fourth-order valence-corrected chi connectivity index (χ4v) is 2.11. The molecule has 0 radical (unpaired) electrons. The average molecular weight is 385 g/mol. The zero-order valence-corrected chi connectivity index (χ0v) is 12.9. The predicted octanol–water partition coefficient (Wildman–Crippen LogP) is 3.84. The second kappa shape index (κ2) is 6.69. The topological polar surface area (TPSA) is 38.3 Å². The summed E-state index contributed by atoms with van der Waals surface area (Å²) in [6.45, 7) is 1.62. The van der Waals surface area contributed by atoms with Gasteiger partial charge in [-0.1, -0.05) is 18.2 Å². The number of para-hydroxylation sites is 1. The summed E-state index contributed by atoms with van der Waals surface area (Å²) in [4.78, 5) is 11.9. The molecule has 1 unspecified atom stereocenters. The SMILES string of the molecule is CC(Oc1cccc(I)c1)C(=O)Nc1ccccc1F. The van der Waals surface area contributed by atoms with Crippen LogP contribution >= 0.6 is 22.6 Å². The number of halogens is 2. The summed E-state index contributed by atoms with van der Waals surface area (Å²) in [7, 11) is 0. The lowest BCUT2D eigenvalue weighted by Gasteiger charge is -2.15. The van der Waals surface area contributed by atoms with Gasteiger partial charge in [0.2, 0.25) is 0 Å². The molecule has 0 heterocycles. The molecule has 2 aromatic carbocycles. The molecule has 0 aliphatic rings. The first-order valence-electron chi connectivity index (χ1n) is 6.04. The van der Waals surface area contributed by atoms with Gasteiger partial charge in [0.1, 0.15) is 11.6 Å². The molecular weight excluding hydrogens is 372 g/mol. The van der Waals surface area contributed by atoms with Crippen LogP contribution in [0.5, 0.6) is 5.75 Å². The van der Waals surface area contributed by atoms with E-state index in [1.807, 2.05) is 18.2 Å². The third-order valence-corrected chi connectivity index (χ3v) is 3.28. The van der Waals surface area contributed by atoms with Gasteiger partial charge in [-0.25, -0.2) is 4.39 Å². The normalized spacial score (nSPS) is 11.8. The number of carbonyl (C=O) groups is 1. The van der Waals surface area contributed by atoms with Gasteiger partial charge in [-0.2, -0.15) is 0 Å². The molecule has 0 saturated carbocycles. The first-order valence-corrected chi connectivity index (χ1v) is 7.12. The van der Waals surface area contributed by atoms with E-state index in [9.17, 15) is 9.18 Å². The van der Waals surface area contributed by atoms with Crippen LogP contribution in [0.2, 0.25) is 0 Å². The number of ether oxygens (including phenoxy) is 1. The quantitative estimate of drug-likeness (QED) is 0.813. The number of nitrogens with one attached hydrogen (secondary N) is 1. The summed E-state index contributed by atoms with van der Waals surface area (Å²) >= 11 is 2.16. The van der Waals surface area contributed by atoms with Crippen molar-refractivity contribution in [1.29, 1.82) is 0 Å². The number of hydrogen-bond acceptors (Lipinski definition) is 2. The molecule has 1 N–H and O–H groups in total. The van der Waals surface area contributed by atoms with Crippen molar-refractivity contribution in [3.05, 3.63) is 57.9 Å². The van der Waals surface area contributed by atoms with Gasteiger partial charge in [-0.3, -0.25) is 4.79 Å². The Morgan fingerprint density at radius 1 is 1.25 bits per heavy atom. The Balaban J connectivity index is 2.01. The van der Waals surface area contributed by atoms with Gasteiger partial charge in [0.15, 0.2) is 6.10 Å². The van der Waals surface area contributed by atoms with E-state index in [1.165, 1.54) is 12.1 Å². The molecule has 2 rings (SSSR count). The van der Waals surface area contributed by atoms with Crippen LogP contribution < -0.4 is 10.1 Å². The fraction of sp³-hybridized carbons (Fsp3) is 0.133. The van der Waals surface area contributed by atoms with E-state index < -0.39 is 17.8 Å². The minimum absolute atomic E-state index is 0.149. The van der Waals surface area contributed by atoms with Gasteiger partial charge < -0.3 is 10.1 Å². The van der Waals surface area contributed by atoms with E-state index in [0.717, 1.165) is 3.57 Å². The van der Waals surface area contributed by atoms with Crippen LogP contribution in [0.3, 0.4) is 0 Å². The summed E-state index contributed by atoms with van der Waals surface area (Å²) in [6, 6.07) is 13.4. The summed E-state index contributed by atoms with van der Waals surface area (Å²) in [5.41, 5.74) is 0.149. The molecule has 5 heteroatoms. The second-order valence-electron chi connectivity index (χ2n) is 4.19. The zero-order valence-electron chi connectivity index (χ0n) is 10.8. The summed E-state index contributed by atoms with van der Waals surface area (Å²) < 4.78 is 20.0. The minimum Gasteiger partial charge on any atom is -0.481 e. The first-order chi connectivity index (χ1) is 9.56. The molecule has 0 aliphatic carbocycles. The molecule has 2 aromatic rings. The zero-order chi connectivity index (χ0) is 14.5. The first kappa shape index (κ1) is 14.8. The Labute approximate surface area is 130 Å². The van der Waals surface area contributed by atoms with Crippen LogP contribution in [0, 0.1) is 9.39 Å². The van der Waals surface area contributed by atoms with E-state index >= 15 is 0 Å². The lowest BCUT2D eigenvalue weighted by molar-refractivity contribution is -0.122. The molecular formula is C15H13FINO2. The maximum absolute atomic E-state index is 13.4. The molecule has 3 nitrogen and oxygen atoms in total. The fourth-order valence-electron chi connectivity index (χ4n) is 1.59. The maximum Gasteiger partial charge on any atom is 0.265 e. The number of carbonyl (C=O) groups excluding carboxylic acids is 1. The lowest BCUT2D eigenvalue weighted by atomic mass is 10.3. The number of anilines is 1. The molecule has 1 atom stereocenters. The second-order valence-corrected chi connectivity index (χ2v) is 5.43. The number of benzene rings is 2. The van der Waals surface area contributed by atoms with Crippen molar-refractivity contribution in [2.24, 2.45) is 0 Å². The van der Waals surface area contributed by atoms with Crippen LogP contribution in [-0.2, 0) is 4.79 Å². The van der Waals surface area contributed by atoms with Crippen molar-refractivity contribution in [3.8, 4) is 5.75 Å². The highest BCUT2D eigenvalue weighted by atomic mass is 127. The third-order valence-electron chi connectivity index (χ3n) is 2.61. The van der Waals surface area contributed by atoms with Gasteiger partial charge in [0, 0.05) is 3.57 Å². The molecule has 20 heavy (non-hydrogen) atoms. The highest BCUT2D eigenvalue weighted by Gasteiger charge is 2.16. The highest BCUT2D eigenvalue weighted by Crippen LogP contribution is 2.17. The standard InChI is InChI=1S/C15H13FINO2/c1-10(20-12-6-4-5-11(17)9-12)15(19)18-14-8-3-2-7-13(14)16/h2-10H,1H3,(H,18,19). The maximum atomic E-state index is 13.4. The number of amides is 1. The summed E-state index contributed by atoms with van der Waals surface area (Å²) in [5.74, 6) is -0.260. The molecule has 0 fully saturated rings. The Morgan fingerprint density at radius 3 is 2.70 bits per heavy atom. The average Bonchev–Trinajstić information content (AvgIpc) is 2.41. The van der Waals surface area contributed by atoms with Gasteiger partial charge >= 0.3 is 0 Å². The lowest BCUT2D eigenvalue weighted by Crippen LogP contribution is -2.30. The molecule has 104 valence electrons. The third kappa shape index (κ3) is 3.93. The Bertz CT molecular complexity index is 618. The minimum atomic E-state index is -0.715. The Morgan fingerprint density at radius 2 is 2.00 bits per heavy atom. The van der Waals surface area contributed by atoms with Gasteiger partial charge in [0.05, 0.1) is 5.69 Å². The molecule has 0 aromatic heterocycles. The monoisotopic (exact) mass is 385 g/mol. The molecule has 0 saturated heterocycles. The van der Waals surface area contributed by atoms with Crippen LogP contribution in [0.4, 0.5) is 10.1 Å². The van der Waals surface area contributed by atoms with Gasteiger partial charge in [0.25, 0.3) is 5.91 Å². The van der Waals surface area contributed by atoms with Crippen molar-refractivity contribution in [1.82, 2.24) is 0 Å². The van der Waals surface area contributed by atoms with Crippen LogP contribution in [0.15, 0.2) is 48.5 Å². The van der Waals surface area contributed by atoms with E-state index in [-0.39, 0.29) is 5.69 Å². The molecule has 0 spiro atoms. The summed E-state index contributed by atoms with van der Waals surface area (Å²) in [6.07, 6.45) is -0.715. The molecule has 0 bridgehead atoms. The van der Waals surface area contributed by atoms with Crippen molar-refractivity contribution >= 4 is 34.2 Å². The highest BCUT2D eigenvalue weighted by molar-refractivity contribution is 14.1. The van der Waals surface area contributed by atoms with Gasteiger partial charge in [-0.15, -0.1) is 0 Å².